The summed E-state index contributed by atoms with van der Waals surface area (Å²) in [4.78, 5) is 18.3. The Bertz CT molecular complexity index is 505. The Labute approximate surface area is 93.1 Å². The van der Waals surface area contributed by atoms with Crippen LogP contribution in [0.25, 0.3) is 11.0 Å². The quantitative estimate of drug-likeness (QED) is 0.709. The number of carbonyl (C=O) groups is 1. The minimum atomic E-state index is -0.285. The van der Waals surface area contributed by atoms with Crippen LogP contribution in [0.3, 0.4) is 0 Å². The van der Waals surface area contributed by atoms with Gasteiger partial charge in [0.1, 0.15) is 0 Å². The van der Waals surface area contributed by atoms with Gasteiger partial charge in [-0.2, -0.15) is 0 Å². The first-order valence-electron chi connectivity index (χ1n) is 5.10. The predicted octanol–water partition coefficient (Wildman–Crippen LogP) is 0.699. The molecule has 2 rings (SSSR count). The van der Waals surface area contributed by atoms with E-state index in [0.29, 0.717) is 0 Å². The number of carbonyl (C=O) groups excluding carboxylic acids is 1. The summed E-state index contributed by atoms with van der Waals surface area (Å²) in [5.74, 6) is -0.0581. The molecule has 1 amide bonds. The number of hydrogen-bond donors (Lipinski definition) is 3. The van der Waals surface area contributed by atoms with Crippen molar-refractivity contribution in [2.24, 2.45) is 5.73 Å². The van der Waals surface area contributed by atoms with Gasteiger partial charge in [-0.15, -0.1) is 0 Å². The summed E-state index contributed by atoms with van der Waals surface area (Å²) >= 11 is 0. The molecule has 84 valence electrons. The lowest BCUT2D eigenvalue weighted by Crippen LogP contribution is -2.24. The Kier molecular flexibility index (Phi) is 2.87. The number of nitrogens with two attached hydrogens (primary N) is 1. The Balaban J connectivity index is 2.22. The third kappa shape index (κ3) is 2.04. The Morgan fingerprint density at radius 1 is 1.62 bits per heavy atom. The molecule has 1 atom stereocenters. The first-order chi connectivity index (χ1) is 7.70. The van der Waals surface area contributed by atoms with E-state index in [1.165, 1.54) is 0 Å². The highest BCUT2D eigenvalue weighted by Crippen LogP contribution is 2.18. The van der Waals surface area contributed by atoms with E-state index in [4.69, 9.17) is 5.73 Å². The van der Waals surface area contributed by atoms with Gasteiger partial charge < -0.3 is 16.0 Å². The molecule has 0 spiro atoms. The van der Waals surface area contributed by atoms with Crippen LogP contribution >= 0.6 is 0 Å². The fourth-order valence-corrected chi connectivity index (χ4v) is 1.60. The Hall–Kier alpha value is -1.88. The van der Waals surface area contributed by atoms with Crippen LogP contribution in [0, 0.1) is 0 Å². The van der Waals surface area contributed by atoms with Crippen molar-refractivity contribution in [3.05, 3.63) is 30.1 Å². The summed E-state index contributed by atoms with van der Waals surface area (Å²) in [5, 5.41) is 2.56. The highest BCUT2D eigenvalue weighted by Gasteiger charge is 2.11. The molecule has 1 aromatic heterocycles. The van der Waals surface area contributed by atoms with Crippen LogP contribution < -0.4 is 11.1 Å². The van der Waals surface area contributed by atoms with Crippen molar-refractivity contribution in [2.45, 2.75) is 12.5 Å². The van der Waals surface area contributed by atoms with Gasteiger partial charge in [-0.25, -0.2) is 4.98 Å². The van der Waals surface area contributed by atoms with E-state index >= 15 is 0 Å². The van der Waals surface area contributed by atoms with Gasteiger partial charge in [-0.05, 0) is 17.7 Å². The maximum atomic E-state index is 11.2. The van der Waals surface area contributed by atoms with Crippen LogP contribution in [0.1, 0.15) is 18.0 Å². The molecule has 16 heavy (non-hydrogen) atoms. The van der Waals surface area contributed by atoms with E-state index in [2.05, 4.69) is 15.3 Å². The second-order valence-corrected chi connectivity index (χ2v) is 3.66. The number of amides is 1. The van der Waals surface area contributed by atoms with E-state index in [-0.39, 0.29) is 18.4 Å². The van der Waals surface area contributed by atoms with E-state index in [1.807, 2.05) is 18.2 Å². The van der Waals surface area contributed by atoms with Gasteiger partial charge in [-0.3, -0.25) is 4.79 Å². The molecular weight excluding hydrogens is 204 g/mol. The lowest BCUT2D eigenvalue weighted by molar-refractivity contribution is -0.120. The largest absolute Gasteiger partial charge is 0.359 e. The molecule has 0 fully saturated rings. The zero-order valence-corrected chi connectivity index (χ0v) is 9.03. The average molecular weight is 218 g/mol. The van der Waals surface area contributed by atoms with Gasteiger partial charge >= 0.3 is 0 Å². The lowest BCUT2D eigenvalue weighted by atomic mass is 10.0. The number of fused-ring (bicyclic) bond motifs is 1. The maximum absolute atomic E-state index is 11.2. The Morgan fingerprint density at radius 3 is 3.19 bits per heavy atom. The van der Waals surface area contributed by atoms with E-state index < -0.39 is 0 Å². The first-order valence-corrected chi connectivity index (χ1v) is 5.10. The second kappa shape index (κ2) is 4.32. The fraction of sp³-hybridized carbons (Fsp3) is 0.273. The summed E-state index contributed by atoms with van der Waals surface area (Å²) in [6.45, 7) is 0. The molecular formula is C11H14N4O. The number of hydrogen-bond acceptors (Lipinski definition) is 3. The van der Waals surface area contributed by atoms with Crippen molar-refractivity contribution in [1.29, 1.82) is 0 Å². The molecule has 1 aromatic carbocycles. The number of imidazole rings is 1. The topological polar surface area (TPSA) is 83.8 Å². The number of aromatic amines is 1. The minimum Gasteiger partial charge on any atom is -0.359 e. The minimum absolute atomic E-state index is 0.0581. The summed E-state index contributed by atoms with van der Waals surface area (Å²) in [6.07, 6.45) is 1.93. The van der Waals surface area contributed by atoms with Crippen LogP contribution in [0.15, 0.2) is 24.5 Å². The highest BCUT2D eigenvalue weighted by molar-refractivity contribution is 5.78. The molecule has 0 aliphatic rings. The smallest absolute Gasteiger partial charge is 0.221 e. The molecule has 5 heteroatoms. The van der Waals surface area contributed by atoms with Gasteiger partial charge in [0.05, 0.1) is 17.4 Å². The van der Waals surface area contributed by atoms with Crippen LogP contribution in [-0.2, 0) is 4.79 Å². The molecule has 0 saturated carbocycles. The normalized spacial score (nSPS) is 12.6. The molecule has 5 nitrogen and oxygen atoms in total. The van der Waals surface area contributed by atoms with Crippen molar-refractivity contribution in [3.63, 3.8) is 0 Å². The van der Waals surface area contributed by atoms with Crippen LogP contribution in [0.2, 0.25) is 0 Å². The summed E-state index contributed by atoms with van der Waals surface area (Å²) in [6, 6.07) is 5.44. The molecule has 0 radical (unpaired) electrons. The van der Waals surface area contributed by atoms with E-state index in [9.17, 15) is 4.79 Å². The van der Waals surface area contributed by atoms with E-state index in [1.54, 1.807) is 13.4 Å². The number of nitrogens with one attached hydrogen (secondary N) is 2. The van der Waals surface area contributed by atoms with Gasteiger partial charge in [0.15, 0.2) is 0 Å². The predicted molar refractivity (Wildman–Crippen MR) is 61.7 cm³/mol. The van der Waals surface area contributed by atoms with Crippen molar-refractivity contribution in [2.75, 3.05) is 7.05 Å². The summed E-state index contributed by atoms with van der Waals surface area (Å²) in [5.41, 5.74) is 8.70. The number of aromatic nitrogens is 2. The van der Waals surface area contributed by atoms with Crippen molar-refractivity contribution >= 4 is 16.9 Å². The second-order valence-electron chi connectivity index (χ2n) is 3.66. The summed E-state index contributed by atoms with van der Waals surface area (Å²) in [7, 11) is 1.60. The Morgan fingerprint density at radius 2 is 2.44 bits per heavy atom. The SMILES string of the molecule is CNC(=O)CC(N)c1ccc2nc[nH]c2c1. The zero-order valence-electron chi connectivity index (χ0n) is 9.03. The van der Waals surface area contributed by atoms with Gasteiger partial charge in [0.25, 0.3) is 0 Å². The van der Waals surface area contributed by atoms with E-state index in [0.717, 1.165) is 16.6 Å². The van der Waals surface area contributed by atoms with Crippen molar-refractivity contribution < 1.29 is 4.79 Å². The van der Waals surface area contributed by atoms with Crippen LogP contribution in [0.5, 0.6) is 0 Å². The summed E-state index contributed by atoms with van der Waals surface area (Å²) < 4.78 is 0. The van der Waals surface area contributed by atoms with Gasteiger partial charge in [0.2, 0.25) is 5.91 Å². The molecule has 0 aliphatic heterocycles. The monoisotopic (exact) mass is 218 g/mol. The van der Waals surface area contributed by atoms with Crippen LogP contribution in [0.4, 0.5) is 0 Å². The number of rotatable bonds is 3. The third-order valence-electron chi connectivity index (χ3n) is 2.56. The number of H-pyrrole nitrogens is 1. The molecule has 4 N–H and O–H groups in total. The third-order valence-corrected chi connectivity index (χ3v) is 2.56. The molecule has 2 aromatic rings. The molecule has 1 unspecified atom stereocenters. The fourth-order valence-electron chi connectivity index (χ4n) is 1.60. The number of benzene rings is 1. The van der Waals surface area contributed by atoms with Crippen molar-refractivity contribution in [3.8, 4) is 0 Å². The van der Waals surface area contributed by atoms with Crippen molar-refractivity contribution in [1.82, 2.24) is 15.3 Å². The van der Waals surface area contributed by atoms with Gasteiger partial charge in [-0.1, -0.05) is 6.07 Å². The molecule has 0 saturated heterocycles. The standard InChI is InChI=1S/C11H14N4O/c1-13-11(16)5-8(12)7-2-3-9-10(4-7)15-6-14-9/h2-4,6,8H,5,12H2,1H3,(H,13,16)(H,14,15). The lowest BCUT2D eigenvalue weighted by Gasteiger charge is -2.10. The first kappa shape index (κ1) is 10.6. The average Bonchev–Trinajstić information content (AvgIpc) is 2.75. The number of nitrogens with zero attached hydrogens (tertiary/aromatic N) is 1. The van der Waals surface area contributed by atoms with Crippen LogP contribution in [-0.4, -0.2) is 22.9 Å². The molecule has 1 heterocycles. The zero-order chi connectivity index (χ0) is 11.5. The molecule has 0 bridgehead atoms. The highest BCUT2D eigenvalue weighted by atomic mass is 16.1. The maximum Gasteiger partial charge on any atom is 0.221 e. The van der Waals surface area contributed by atoms with Gasteiger partial charge in [0, 0.05) is 19.5 Å². The molecule has 0 aliphatic carbocycles.